The minimum atomic E-state index is -0.425. The van der Waals surface area contributed by atoms with E-state index in [2.05, 4.69) is 0 Å². The lowest BCUT2D eigenvalue weighted by molar-refractivity contribution is -0.135. The summed E-state index contributed by atoms with van der Waals surface area (Å²) in [5, 5.41) is 9.01. The van der Waals surface area contributed by atoms with E-state index < -0.39 is 6.03 Å². The van der Waals surface area contributed by atoms with E-state index in [1.807, 2.05) is 0 Å². The fourth-order valence-corrected chi connectivity index (χ4v) is 2.27. The highest BCUT2D eigenvalue weighted by atomic mass is 16.3. The molecular formula is C11H17N3O4. The van der Waals surface area contributed by atoms with E-state index in [-0.39, 0.29) is 37.4 Å². The smallest absolute Gasteiger partial charge is 0.327 e. The normalized spacial score (nSPS) is 24.3. The molecule has 7 nitrogen and oxygen atoms in total. The highest BCUT2D eigenvalue weighted by molar-refractivity contribution is 6.04. The summed E-state index contributed by atoms with van der Waals surface area (Å²) in [5.74, 6) is -0.460. The predicted molar refractivity (Wildman–Crippen MR) is 61.5 cm³/mol. The maximum atomic E-state index is 11.9. The first-order valence-corrected chi connectivity index (χ1v) is 5.97. The van der Waals surface area contributed by atoms with Crippen molar-refractivity contribution in [3.8, 4) is 0 Å². The van der Waals surface area contributed by atoms with Gasteiger partial charge in [0.1, 0.15) is 13.1 Å². The molecule has 0 aliphatic carbocycles. The Morgan fingerprint density at radius 3 is 2.67 bits per heavy atom. The topological polar surface area (TPSA) is 81.2 Å². The zero-order chi connectivity index (χ0) is 13.3. The van der Waals surface area contributed by atoms with Gasteiger partial charge in [0.2, 0.25) is 5.91 Å². The molecule has 2 aliphatic rings. The number of hydrogen-bond acceptors (Lipinski definition) is 4. The Morgan fingerprint density at radius 1 is 1.44 bits per heavy atom. The number of likely N-dealkylation sites (N-methyl/N-ethyl adjacent to an activating group) is 1. The molecule has 7 heteroatoms. The summed E-state index contributed by atoms with van der Waals surface area (Å²) >= 11 is 0. The van der Waals surface area contributed by atoms with Crippen molar-refractivity contribution in [1.29, 1.82) is 0 Å². The second kappa shape index (κ2) is 4.93. The number of imide groups is 1. The molecule has 1 atom stereocenters. The Labute approximate surface area is 105 Å². The number of aliphatic hydroxyl groups excluding tert-OH is 1. The molecule has 0 saturated carbocycles. The van der Waals surface area contributed by atoms with Crippen LogP contribution in [0.15, 0.2) is 0 Å². The molecule has 18 heavy (non-hydrogen) atoms. The SMILES string of the molecule is CN1CC(=O)N(CC(=O)N2CCC(CO)C2)C1=O. The van der Waals surface area contributed by atoms with E-state index in [0.717, 1.165) is 11.3 Å². The molecular weight excluding hydrogens is 238 g/mol. The average molecular weight is 255 g/mol. The molecule has 0 aromatic heterocycles. The molecule has 2 fully saturated rings. The number of nitrogens with zero attached hydrogens (tertiary/aromatic N) is 3. The number of urea groups is 1. The lowest BCUT2D eigenvalue weighted by Crippen LogP contribution is -2.42. The summed E-state index contributed by atoms with van der Waals surface area (Å²) < 4.78 is 0. The van der Waals surface area contributed by atoms with Gasteiger partial charge >= 0.3 is 6.03 Å². The zero-order valence-electron chi connectivity index (χ0n) is 10.3. The maximum Gasteiger partial charge on any atom is 0.327 e. The van der Waals surface area contributed by atoms with Gasteiger partial charge in [0, 0.05) is 32.7 Å². The Balaban J connectivity index is 1.92. The van der Waals surface area contributed by atoms with Crippen LogP contribution < -0.4 is 0 Å². The highest BCUT2D eigenvalue weighted by Gasteiger charge is 2.36. The number of rotatable bonds is 3. The van der Waals surface area contributed by atoms with Gasteiger partial charge in [-0.2, -0.15) is 0 Å². The molecule has 1 N–H and O–H groups in total. The van der Waals surface area contributed by atoms with Crippen molar-refractivity contribution in [2.45, 2.75) is 6.42 Å². The van der Waals surface area contributed by atoms with Crippen LogP contribution >= 0.6 is 0 Å². The van der Waals surface area contributed by atoms with Gasteiger partial charge in [-0.1, -0.05) is 0 Å². The number of aliphatic hydroxyl groups is 1. The molecule has 2 heterocycles. The van der Waals surface area contributed by atoms with Crippen molar-refractivity contribution in [3.05, 3.63) is 0 Å². The summed E-state index contributed by atoms with van der Waals surface area (Å²) in [4.78, 5) is 38.9. The quantitative estimate of drug-likeness (QED) is 0.637. The van der Waals surface area contributed by atoms with Crippen LogP contribution in [0.5, 0.6) is 0 Å². The number of carbonyl (C=O) groups excluding carboxylic acids is 3. The first kappa shape index (κ1) is 12.8. The summed E-state index contributed by atoms with van der Waals surface area (Å²) in [6, 6.07) is -0.425. The average Bonchev–Trinajstić information content (AvgIpc) is 2.90. The predicted octanol–water partition coefficient (Wildman–Crippen LogP) is -1.28. The fourth-order valence-electron chi connectivity index (χ4n) is 2.27. The first-order chi connectivity index (χ1) is 8.52. The number of carbonyl (C=O) groups is 3. The van der Waals surface area contributed by atoms with Crippen LogP contribution in [-0.2, 0) is 9.59 Å². The number of likely N-dealkylation sites (tertiary alicyclic amines) is 1. The van der Waals surface area contributed by atoms with Crippen molar-refractivity contribution in [1.82, 2.24) is 14.7 Å². The third kappa shape index (κ3) is 2.31. The third-order valence-corrected chi connectivity index (χ3v) is 3.42. The fraction of sp³-hybridized carbons (Fsp3) is 0.727. The summed E-state index contributed by atoms with van der Waals surface area (Å²) in [6.07, 6.45) is 0.768. The van der Waals surface area contributed by atoms with Gasteiger partial charge in [0.15, 0.2) is 0 Å². The van der Waals surface area contributed by atoms with E-state index in [1.165, 1.54) is 11.9 Å². The van der Waals surface area contributed by atoms with E-state index >= 15 is 0 Å². The Kier molecular flexibility index (Phi) is 3.51. The Bertz CT molecular complexity index is 384. The van der Waals surface area contributed by atoms with Crippen LogP contribution in [-0.4, -0.2) is 77.5 Å². The van der Waals surface area contributed by atoms with Gasteiger partial charge in [0.05, 0.1) is 0 Å². The zero-order valence-corrected chi connectivity index (χ0v) is 10.3. The van der Waals surface area contributed by atoms with Gasteiger partial charge in [0.25, 0.3) is 5.91 Å². The van der Waals surface area contributed by atoms with Gasteiger partial charge in [-0.3, -0.25) is 14.5 Å². The van der Waals surface area contributed by atoms with E-state index in [0.29, 0.717) is 13.1 Å². The van der Waals surface area contributed by atoms with Gasteiger partial charge in [-0.15, -0.1) is 0 Å². The molecule has 2 aliphatic heterocycles. The molecule has 2 saturated heterocycles. The molecule has 0 aromatic rings. The highest BCUT2D eigenvalue weighted by Crippen LogP contribution is 2.16. The minimum Gasteiger partial charge on any atom is -0.396 e. The molecule has 0 spiro atoms. The number of amides is 4. The van der Waals surface area contributed by atoms with E-state index in [9.17, 15) is 14.4 Å². The molecule has 0 bridgehead atoms. The van der Waals surface area contributed by atoms with E-state index in [4.69, 9.17) is 5.11 Å². The van der Waals surface area contributed by atoms with Crippen LogP contribution in [0.4, 0.5) is 4.79 Å². The van der Waals surface area contributed by atoms with Gasteiger partial charge in [-0.25, -0.2) is 4.79 Å². The number of hydrogen-bond donors (Lipinski definition) is 1. The van der Waals surface area contributed by atoms with Crippen LogP contribution in [0.2, 0.25) is 0 Å². The van der Waals surface area contributed by atoms with Gasteiger partial charge in [-0.05, 0) is 6.42 Å². The van der Waals surface area contributed by atoms with Crippen molar-refractivity contribution in [3.63, 3.8) is 0 Å². The van der Waals surface area contributed by atoms with Crippen LogP contribution in [0.25, 0.3) is 0 Å². The van der Waals surface area contributed by atoms with Crippen molar-refractivity contribution in [2.24, 2.45) is 5.92 Å². The maximum absolute atomic E-state index is 11.9. The molecule has 2 rings (SSSR count). The first-order valence-electron chi connectivity index (χ1n) is 5.97. The van der Waals surface area contributed by atoms with Crippen molar-refractivity contribution in [2.75, 3.05) is 39.8 Å². The standard InChI is InChI=1S/C11H17N3O4/c1-12-5-10(17)14(11(12)18)6-9(16)13-3-2-8(4-13)7-15/h8,15H,2-7H2,1H3. The largest absolute Gasteiger partial charge is 0.396 e. The monoisotopic (exact) mass is 255 g/mol. The molecule has 0 aromatic carbocycles. The van der Waals surface area contributed by atoms with Crippen LogP contribution in [0.3, 0.4) is 0 Å². The molecule has 4 amide bonds. The Morgan fingerprint density at radius 2 is 2.17 bits per heavy atom. The summed E-state index contributed by atoms with van der Waals surface area (Å²) in [5.41, 5.74) is 0. The van der Waals surface area contributed by atoms with Crippen molar-refractivity contribution < 1.29 is 19.5 Å². The lowest BCUT2D eigenvalue weighted by atomic mass is 10.1. The third-order valence-electron chi connectivity index (χ3n) is 3.42. The van der Waals surface area contributed by atoms with Crippen LogP contribution in [0.1, 0.15) is 6.42 Å². The lowest BCUT2D eigenvalue weighted by Gasteiger charge is -2.20. The summed E-state index contributed by atoms with van der Waals surface area (Å²) in [7, 11) is 1.53. The molecule has 0 radical (unpaired) electrons. The molecule has 1 unspecified atom stereocenters. The second-order valence-electron chi connectivity index (χ2n) is 4.80. The second-order valence-corrected chi connectivity index (χ2v) is 4.80. The minimum absolute atomic E-state index is 0.0331. The van der Waals surface area contributed by atoms with Crippen LogP contribution in [0, 0.1) is 5.92 Å². The summed E-state index contributed by atoms with van der Waals surface area (Å²) in [6.45, 7) is 0.983. The molecule has 100 valence electrons. The Hall–Kier alpha value is -1.63. The van der Waals surface area contributed by atoms with E-state index in [1.54, 1.807) is 4.90 Å². The van der Waals surface area contributed by atoms with Gasteiger partial charge < -0.3 is 14.9 Å². The van der Waals surface area contributed by atoms with Crippen molar-refractivity contribution >= 4 is 17.8 Å².